The lowest BCUT2D eigenvalue weighted by atomic mass is 10.0. The molecular weight excluding hydrogens is 358 g/mol. The molecule has 5 heteroatoms. The van der Waals surface area contributed by atoms with E-state index in [9.17, 15) is 0 Å². The summed E-state index contributed by atoms with van der Waals surface area (Å²) in [6, 6.07) is 13.9. The van der Waals surface area contributed by atoms with E-state index >= 15 is 0 Å². The second-order valence-corrected chi connectivity index (χ2v) is 8.30. The van der Waals surface area contributed by atoms with Crippen molar-refractivity contribution >= 4 is 16.7 Å². The molecule has 29 heavy (non-hydrogen) atoms. The Labute approximate surface area is 168 Å². The number of pyridine rings is 2. The van der Waals surface area contributed by atoms with Crippen LogP contribution in [0, 0.1) is 17.9 Å². The lowest BCUT2D eigenvalue weighted by Crippen LogP contribution is -2.01. The first-order valence-corrected chi connectivity index (χ1v) is 10.0. The van der Waals surface area contributed by atoms with Gasteiger partial charge in [-0.3, -0.25) is 9.67 Å². The van der Waals surface area contributed by atoms with Gasteiger partial charge in [0.15, 0.2) is 5.69 Å². The number of rotatable bonds is 4. The molecule has 140 valence electrons. The van der Waals surface area contributed by atoms with Crippen LogP contribution < -0.4 is 0 Å². The van der Waals surface area contributed by atoms with E-state index in [1.165, 1.54) is 19.3 Å². The fraction of sp³-hybridized carbons (Fsp3) is 0.250. The molecule has 5 nitrogen and oxygen atoms in total. The maximum absolute atomic E-state index is 7.37. The molecule has 0 N–H and O–H groups in total. The van der Waals surface area contributed by atoms with Crippen LogP contribution in [0.2, 0.25) is 0 Å². The maximum atomic E-state index is 7.37. The van der Waals surface area contributed by atoms with Crippen LogP contribution in [0.4, 0.5) is 5.82 Å². The first-order chi connectivity index (χ1) is 14.2. The zero-order chi connectivity index (χ0) is 19.4. The molecule has 3 heterocycles. The van der Waals surface area contributed by atoms with Crippen molar-refractivity contribution in [2.24, 2.45) is 11.3 Å². The van der Waals surface area contributed by atoms with Crippen LogP contribution in [-0.2, 0) is 6.54 Å². The van der Waals surface area contributed by atoms with Crippen molar-refractivity contribution in [2.45, 2.75) is 25.8 Å². The Morgan fingerprint density at radius 1 is 1.14 bits per heavy atom. The molecule has 1 spiro atoms. The Hall–Kier alpha value is -3.52. The van der Waals surface area contributed by atoms with E-state index in [2.05, 4.69) is 42.9 Å². The molecule has 0 bridgehead atoms. The van der Waals surface area contributed by atoms with E-state index in [4.69, 9.17) is 6.57 Å². The van der Waals surface area contributed by atoms with Gasteiger partial charge in [-0.25, -0.2) is 0 Å². The topological polar surface area (TPSA) is 48.0 Å². The van der Waals surface area contributed by atoms with E-state index < -0.39 is 0 Å². The molecule has 2 fully saturated rings. The minimum Gasteiger partial charge on any atom is -0.361 e. The van der Waals surface area contributed by atoms with Gasteiger partial charge in [0.2, 0.25) is 0 Å². The second-order valence-electron chi connectivity index (χ2n) is 8.30. The van der Waals surface area contributed by atoms with E-state index in [0.717, 1.165) is 45.7 Å². The molecule has 1 unspecified atom stereocenters. The third-order valence-electron chi connectivity index (χ3n) is 6.48. The summed E-state index contributed by atoms with van der Waals surface area (Å²) >= 11 is 0. The van der Waals surface area contributed by atoms with Crippen molar-refractivity contribution in [3.8, 4) is 22.4 Å². The Kier molecular flexibility index (Phi) is 3.39. The summed E-state index contributed by atoms with van der Waals surface area (Å²) in [5.41, 5.74) is 5.39. The molecule has 0 radical (unpaired) electrons. The van der Waals surface area contributed by atoms with Gasteiger partial charge in [-0.15, -0.1) is 4.98 Å². The fourth-order valence-corrected chi connectivity index (χ4v) is 4.47. The molecular formula is C24H19N5. The van der Waals surface area contributed by atoms with Crippen LogP contribution in [0.3, 0.4) is 0 Å². The smallest absolute Gasteiger partial charge is 0.270 e. The van der Waals surface area contributed by atoms with Crippen molar-refractivity contribution < 1.29 is 0 Å². The predicted octanol–water partition coefficient (Wildman–Crippen LogP) is 5.51. The predicted molar refractivity (Wildman–Crippen MR) is 112 cm³/mol. The first kappa shape index (κ1) is 16.4. The van der Waals surface area contributed by atoms with Gasteiger partial charge in [0.25, 0.3) is 5.82 Å². The highest BCUT2D eigenvalue weighted by molar-refractivity contribution is 5.88. The SMILES string of the molecule is [C-]#[N+]c1ccc(-c2cnn(CC3CC34CC4)c2)c(-c2ccc3cccnc3c2)n1. The summed E-state index contributed by atoms with van der Waals surface area (Å²) in [7, 11) is 0. The van der Waals surface area contributed by atoms with E-state index in [1.807, 2.05) is 30.5 Å². The fourth-order valence-electron chi connectivity index (χ4n) is 4.47. The van der Waals surface area contributed by atoms with Crippen LogP contribution >= 0.6 is 0 Å². The van der Waals surface area contributed by atoms with Gasteiger partial charge in [0.1, 0.15) is 0 Å². The molecule has 1 atom stereocenters. The van der Waals surface area contributed by atoms with Gasteiger partial charge in [-0.05, 0) is 54.9 Å². The van der Waals surface area contributed by atoms with Crippen LogP contribution in [0.15, 0.2) is 61.1 Å². The van der Waals surface area contributed by atoms with Gasteiger partial charge in [-0.1, -0.05) is 24.8 Å². The molecule has 6 rings (SSSR count). The average Bonchev–Trinajstić information content (AvgIpc) is 3.64. The van der Waals surface area contributed by atoms with Gasteiger partial charge in [0.05, 0.1) is 11.7 Å². The highest BCUT2D eigenvalue weighted by atomic mass is 15.3. The van der Waals surface area contributed by atoms with Gasteiger partial charge >= 0.3 is 0 Å². The molecule has 4 aromatic rings. The number of hydrogen-bond acceptors (Lipinski definition) is 3. The minimum atomic E-state index is 0.394. The van der Waals surface area contributed by atoms with E-state index in [-0.39, 0.29) is 0 Å². The number of fused-ring (bicyclic) bond motifs is 1. The lowest BCUT2D eigenvalue weighted by molar-refractivity contribution is 0.526. The molecule has 2 aliphatic carbocycles. The summed E-state index contributed by atoms with van der Waals surface area (Å²) in [5.74, 6) is 1.19. The molecule has 0 saturated heterocycles. The van der Waals surface area contributed by atoms with Crippen LogP contribution in [0.5, 0.6) is 0 Å². The number of aromatic nitrogens is 4. The number of hydrogen-bond donors (Lipinski definition) is 0. The molecule has 2 saturated carbocycles. The summed E-state index contributed by atoms with van der Waals surface area (Å²) in [5, 5.41) is 5.70. The molecule has 2 aliphatic rings. The zero-order valence-electron chi connectivity index (χ0n) is 15.9. The van der Waals surface area contributed by atoms with Crippen molar-refractivity contribution in [3.05, 3.63) is 72.5 Å². The Morgan fingerprint density at radius 2 is 2.07 bits per heavy atom. The molecule has 1 aromatic carbocycles. The van der Waals surface area contributed by atoms with E-state index in [0.29, 0.717) is 11.2 Å². The summed E-state index contributed by atoms with van der Waals surface area (Å²) < 4.78 is 2.07. The van der Waals surface area contributed by atoms with Crippen LogP contribution in [-0.4, -0.2) is 19.7 Å². The Morgan fingerprint density at radius 3 is 2.90 bits per heavy atom. The number of nitrogens with zero attached hydrogens (tertiary/aromatic N) is 5. The van der Waals surface area contributed by atoms with Crippen molar-refractivity contribution in [2.75, 3.05) is 0 Å². The highest BCUT2D eigenvalue weighted by Crippen LogP contribution is 2.70. The lowest BCUT2D eigenvalue weighted by Gasteiger charge is -2.06. The maximum Gasteiger partial charge on any atom is 0.270 e. The van der Waals surface area contributed by atoms with Gasteiger partial charge in [0, 0.05) is 41.0 Å². The summed E-state index contributed by atoms with van der Waals surface area (Å²) in [6.45, 7) is 8.38. The number of benzene rings is 1. The third kappa shape index (κ3) is 2.80. The largest absolute Gasteiger partial charge is 0.361 e. The highest BCUT2D eigenvalue weighted by Gasteiger charge is 2.62. The monoisotopic (exact) mass is 377 g/mol. The van der Waals surface area contributed by atoms with Crippen LogP contribution in [0.25, 0.3) is 38.1 Å². The Bertz CT molecular complexity index is 1290. The van der Waals surface area contributed by atoms with Gasteiger partial charge in [-0.2, -0.15) is 5.10 Å². The molecule has 3 aromatic heterocycles. The minimum absolute atomic E-state index is 0.394. The molecule has 0 aliphatic heterocycles. The van der Waals surface area contributed by atoms with Crippen molar-refractivity contribution in [3.63, 3.8) is 0 Å². The second kappa shape index (κ2) is 5.99. The van der Waals surface area contributed by atoms with E-state index in [1.54, 1.807) is 12.3 Å². The quantitative estimate of drug-likeness (QED) is 0.441. The van der Waals surface area contributed by atoms with Gasteiger partial charge < -0.3 is 4.85 Å². The normalized spacial score (nSPS) is 18.7. The summed E-state index contributed by atoms with van der Waals surface area (Å²) in [4.78, 5) is 12.6. The summed E-state index contributed by atoms with van der Waals surface area (Å²) in [6.07, 6.45) is 9.98. The zero-order valence-corrected chi connectivity index (χ0v) is 15.9. The first-order valence-electron chi connectivity index (χ1n) is 10.0. The molecule has 0 amide bonds. The average molecular weight is 377 g/mol. The van der Waals surface area contributed by atoms with Crippen LogP contribution in [0.1, 0.15) is 19.3 Å². The van der Waals surface area contributed by atoms with Crippen molar-refractivity contribution in [1.29, 1.82) is 0 Å². The standard InChI is InChI=1S/C24H19N5/c1-25-22-7-6-20(18-13-27-29(14-18)15-19-12-24(19)8-9-24)23(28-22)17-5-4-16-3-2-10-26-21(16)11-17/h2-7,10-11,13-14,19H,8-9,12,15H2. The van der Waals surface area contributed by atoms with Crippen molar-refractivity contribution in [1.82, 2.24) is 19.7 Å². The Balaban J connectivity index is 1.41. The third-order valence-corrected chi connectivity index (χ3v) is 6.48.